The van der Waals surface area contributed by atoms with Crippen LogP contribution in [0.3, 0.4) is 0 Å². The third kappa shape index (κ3) is 3.44. The zero-order chi connectivity index (χ0) is 14.5. The van der Waals surface area contributed by atoms with E-state index in [1.807, 2.05) is 18.0 Å². The van der Waals surface area contributed by atoms with E-state index in [0.29, 0.717) is 31.9 Å². The van der Waals surface area contributed by atoms with Gasteiger partial charge in [0, 0.05) is 26.4 Å². The SMILES string of the molecule is COCC(O)CN(C)CCn1nc2ccccn2c1=O. The molecule has 2 aromatic rings. The monoisotopic (exact) mass is 280 g/mol. The number of ether oxygens (including phenoxy) is 1. The second-order valence-electron chi connectivity index (χ2n) is 4.81. The maximum atomic E-state index is 12.0. The maximum Gasteiger partial charge on any atom is 0.350 e. The van der Waals surface area contributed by atoms with Gasteiger partial charge < -0.3 is 14.7 Å². The molecular weight excluding hydrogens is 260 g/mol. The van der Waals surface area contributed by atoms with Crippen molar-refractivity contribution in [1.29, 1.82) is 0 Å². The van der Waals surface area contributed by atoms with E-state index in [-0.39, 0.29) is 5.69 Å². The van der Waals surface area contributed by atoms with E-state index in [0.717, 1.165) is 0 Å². The molecule has 0 spiro atoms. The van der Waals surface area contributed by atoms with Gasteiger partial charge in [0.25, 0.3) is 0 Å². The Hall–Kier alpha value is -1.70. The predicted octanol–water partition coefficient (Wildman–Crippen LogP) is -0.565. The van der Waals surface area contributed by atoms with E-state index in [1.54, 1.807) is 25.4 Å². The van der Waals surface area contributed by atoms with E-state index < -0.39 is 6.10 Å². The van der Waals surface area contributed by atoms with Crippen LogP contribution in [-0.2, 0) is 11.3 Å². The van der Waals surface area contributed by atoms with Gasteiger partial charge >= 0.3 is 5.69 Å². The zero-order valence-corrected chi connectivity index (χ0v) is 11.8. The van der Waals surface area contributed by atoms with E-state index >= 15 is 0 Å². The number of fused-ring (bicyclic) bond motifs is 1. The molecule has 0 radical (unpaired) electrons. The van der Waals surface area contributed by atoms with Gasteiger partial charge in [-0.15, -0.1) is 5.10 Å². The third-order valence-electron chi connectivity index (χ3n) is 3.06. The second-order valence-corrected chi connectivity index (χ2v) is 4.81. The summed E-state index contributed by atoms with van der Waals surface area (Å²) in [5.41, 5.74) is 0.492. The number of rotatable bonds is 7. The summed E-state index contributed by atoms with van der Waals surface area (Å²) in [5.74, 6) is 0. The van der Waals surface area contributed by atoms with Gasteiger partial charge in [-0.05, 0) is 19.2 Å². The molecule has 2 heterocycles. The zero-order valence-electron chi connectivity index (χ0n) is 11.8. The molecule has 0 saturated heterocycles. The number of aliphatic hydroxyl groups excluding tert-OH is 1. The predicted molar refractivity (Wildman–Crippen MR) is 74.8 cm³/mol. The minimum Gasteiger partial charge on any atom is -0.389 e. The van der Waals surface area contributed by atoms with Crippen molar-refractivity contribution < 1.29 is 9.84 Å². The van der Waals surface area contributed by atoms with Gasteiger partial charge in [-0.2, -0.15) is 0 Å². The maximum absolute atomic E-state index is 12.0. The third-order valence-corrected chi connectivity index (χ3v) is 3.06. The first-order valence-corrected chi connectivity index (χ1v) is 6.51. The van der Waals surface area contributed by atoms with Crippen LogP contribution >= 0.6 is 0 Å². The van der Waals surface area contributed by atoms with E-state index in [4.69, 9.17) is 4.74 Å². The van der Waals surface area contributed by atoms with Crippen molar-refractivity contribution in [3.8, 4) is 0 Å². The Balaban J connectivity index is 1.96. The molecule has 0 aliphatic heterocycles. The number of hydrogen-bond donors (Lipinski definition) is 1. The van der Waals surface area contributed by atoms with Gasteiger partial charge in [-0.1, -0.05) is 6.07 Å². The van der Waals surface area contributed by atoms with Crippen LogP contribution in [0.5, 0.6) is 0 Å². The van der Waals surface area contributed by atoms with Crippen molar-refractivity contribution in [2.45, 2.75) is 12.6 Å². The lowest BCUT2D eigenvalue weighted by Crippen LogP contribution is -2.35. The van der Waals surface area contributed by atoms with Crippen LogP contribution in [-0.4, -0.2) is 64.1 Å². The Bertz CT molecular complexity index is 607. The fourth-order valence-electron chi connectivity index (χ4n) is 2.08. The molecule has 2 rings (SSSR count). The molecule has 1 unspecified atom stereocenters. The molecule has 1 atom stereocenters. The lowest BCUT2D eigenvalue weighted by Gasteiger charge is -2.19. The average Bonchev–Trinajstić information content (AvgIpc) is 2.74. The number of likely N-dealkylation sites (N-methyl/N-ethyl adjacent to an activating group) is 1. The van der Waals surface area contributed by atoms with Crippen LogP contribution in [0.1, 0.15) is 0 Å². The number of nitrogens with zero attached hydrogens (tertiary/aromatic N) is 4. The first-order valence-electron chi connectivity index (χ1n) is 6.51. The number of aliphatic hydroxyl groups is 1. The fourth-order valence-corrected chi connectivity index (χ4v) is 2.08. The van der Waals surface area contributed by atoms with Crippen molar-refractivity contribution in [2.75, 3.05) is 33.9 Å². The average molecular weight is 280 g/mol. The first kappa shape index (κ1) is 14.7. The van der Waals surface area contributed by atoms with Crippen LogP contribution in [0, 0.1) is 0 Å². The lowest BCUT2D eigenvalue weighted by atomic mass is 10.3. The van der Waals surface area contributed by atoms with Crippen molar-refractivity contribution in [2.24, 2.45) is 0 Å². The van der Waals surface area contributed by atoms with Crippen molar-refractivity contribution in [1.82, 2.24) is 19.1 Å². The van der Waals surface area contributed by atoms with Gasteiger partial charge in [0.1, 0.15) is 0 Å². The van der Waals surface area contributed by atoms with Crippen LogP contribution in [0.15, 0.2) is 29.2 Å². The fraction of sp³-hybridized carbons (Fsp3) is 0.538. The molecule has 110 valence electrons. The summed E-state index contributed by atoms with van der Waals surface area (Å²) in [5, 5.41) is 13.9. The van der Waals surface area contributed by atoms with Crippen molar-refractivity contribution in [3.63, 3.8) is 0 Å². The van der Waals surface area contributed by atoms with E-state index in [2.05, 4.69) is 5.10 Å². The van der Waals surface area contributed by atoms with Crippen molar-refractivity contribution >= 4 is 5.65 Å². The molecule has 1 N–H and O–H groups in total. The molecule has 0 fully saturated rings. The summed E-state index contributed by atoms with van der Waals surface area (Å²) < 4.78 is 7.83. The molecule has 7 heteroatoms. The van der Waals surface area contributed by atoms with E-state index in [9.17, 15) is 9.90 Å². The summed E-state index contributed by atoms with van der Waals surface area (Å²) in [6, 6.07) is 5.44. The number of methoxy groups -OCH3 is 1. The molecule has 0 bridgehead atoms. The molecule has 7 nitrogen and oxygen atoms in total. The highest BCUT2D eigenvalue weighted by Gasteiger charge is 2.10. The summed E-state index contributed by atoms with van der Waals surface area (Å²) >= 11 is 0. The summed E-state index contributed by atoms with van der Waals surface area (Å²) in [7, 11) is 3.44. The van der Waals surface area contributed by atoms with Crippen LogP contribution in [0.2, 0.25) is 0 Å². The van der Waals surface area contributed by atoms with Gasteiger partial charge in [-0.25, -0.2) is 9.48 Å². The highest BCUT2D eigenvalue weighted by atomic mass is 16.5. The number of aromatic nitrogens is 3. The Morgan fingerprint density at radius 3 is 3.00 bits per heavy atom. The largest absolute Gasteiger partial charge is 0.389 e. The van der Waals surface area contributed by atoms with Crippen LogP contribution in [0.4, 0.5) is 0 Å². The Labute approximate surface area is 117 Å². The highest BCUT2D eigenvalue weighted by Crippen LogP contribution is 1.96. The van der Waals surface area contributed by atoms with E-state index in [1.165, 1.54) is 9.08 Å². The number of pyridine rings is 1. The summed E-state index contributed by atoms with van der Waals surface area (Å²) in [6.45, 7) is 1.91. The number of hydrogen-bond acceptors (Lipinski definition) is 5. The van der Waals surface area contributed by atoms with Gasteiger partial charge in [0.15, 0.2) is 5.65 Å². The van der Waals surface area contributed by atoms with Crippen LogP contribution in [0.25, 0.3) is 5.65 Å². The Morgan fingerprint density at radius 1 is 1.50 bits per heavy atom. The van der Waals surface area contributed by atoms with Gasteiger partial charge in [0.2, 0.25) is 0 Å². The van der Waals surface area contributed by atoms with Crippen molar-refractivity contribution in [3.05, 3.63) is 34.9 Å². The molecule has 0 saturated carbocycles. The topological polar surface area (TPSA) is 72.0 Å². The minimum atomic E-state index is -0.525. The molecule has 20 heavy (non-hydrogen) atoms. The molecule has 0 aliphatic carbocycles. The first-order chi connectivity index (χ1) is 9.61. The molecule has 0 aliphatic rings. The summed E-state index contributed by atoms with van der Waals surface area (Å²) in [4.78, 5) is 14.0. The highest BCUT2D eigenvalue weighted by molar-refractivity contribution is 5.35. The second kappa shape index (κ2) is 6.65. The molecule has 2 aromatic heterocycles. The molecule has 0 amide bonds. The minimum absolute atomic E-state index is 0.147. The van der Waals surface area contributed by atoms with Gasteiger partial charge in [-0.3, -0.25) is 4.40 Å². The lowest BCUT2D eigenvalue weighted by molar-refractivity contribution is 0.0425. The quantitative estimate of drug-likeness (QED) is 0.736. The van der Waals surface area contributed by atoms with Crippen LogP contribution < -0.4 is 5.69 Å². The standard InChI is InChI=1S/C13H20N4O3/c1-15(9-11(18)10-20-2)7-8-17-13(19)16-6-4-3-5-12(16)14-17/h3-6,11,18H,7-10H2,1-2H3. The molecular formula is C13H20N4O3. The smallest absolute Gasteiger partial charge is 0.350 e. The Kier molecular flexibility index (Phi) is 4.89. The molecule has 0 aromatic carbocycles. The Morgan fingerprint density at radius 2 is 2.30 bits per heavy atom. The van der Waals surface area contributed by atoms with Gasteiger partial charge in [0.05, 0.1) is 19.3 Å². The normalized spacial score (nSPS) is 13.2. The summed E-state index contributed by atoms with van der Waals surface area (Å²) in [6.07, 6.45) is 1.18.